The normalized spacial score (nSPS) is 19.9. The van der Waals surface area contributed by atoms with E-state index in [0.717, 1.165) is 13.0 Å². The van der Waals surface area contributed by atoms with Crippen molar-refractivity contribution in [2.24, 2.45) is 11.7 Å². The molecular formula is C13H23N3. The van der Waals surface area contributed by atoms with Crippen LogP contribution in [0.5, 0.6) is 0 Å². The number of aromatic nitrogens is 2. The standard InChI is InChI=1S/C13H23N3/c1-11(10-14)9-12-7-8-16(15-12)13-5-3-2-4-6-13/h7-8,11,13H,2-6,9-10,14H2,1H3. The summed E-state index contributed by atoms with van der Waals surface area (Å²) in [6.45, 7) is 2.93. The van der Waals surface area contributed by atoms with E-state index in [1.54, 1.807) is 0 Å². The Hall–Kier alpha value is -0.830. The third-order valence-corrected chi connectivity index (χ3v) is 3.57. The molecule has 1 unspecified atom stereocenters. The van der Waals surface area contributed by atoms with E-state index in [2.05, 4.69) is 29.0 Å². The first-order valence-corrected chi connectivity index (χ1v) is 6.53. The van der Waals surface area contributed by atoms with Gasteiger partial charge in [-0.1, -0.05) is 26.2 Å². The summed E-state index contributed by atoms with van der Waals surface area (Å²) in [7, 11) is 0. The maximum absolute atomic E-state index is 5.63. The summed E-state index contributed by atoms with van der Waals surface area (Å²) in [5.74, 6) is 0.537. The predicted octanol–water partition coefficient (Wildman–Crippen LogP) is 2.53. The zero-order valence-corrected chi connectivity index (χ0v) is 10.2. The largest absolute Gasteiger partial charge is 0.330 e. The summed E-state index contributed by atoms with van der Waals surface area (Å²) in [4.78, 5) is 0. The lowest BCUT2D eigenvalue weighted by molar-refractivity contribution is 0.327. The number of hydrogen-bond donors (Lipinski definition) is 1. The van der Waals surface area contributed by atoms with Gasteiger partial charge in [0.15, 0.2) is 0 Å². The van der Waals surface area contributed by atoms with Crippen molar-refractivity contribution in [1.82, 2.24) is 9.78 Å². The second-order valence-electron chi connectivity index (χ2n) is 5.12. The summed E-state index contributed by atoms with van der Waals surface area (Å²) >= 11 is 0. The summed E-state index contributed by atoms with van der Waals surface area (Å²) in [5.41, 5.74) is 6.83. The Morgan fingerprint density at radius 3 is 2.88 bits per heavy atom. The lowest BCUT2D eigenvalue weighted by atomic mass is 9.96. The fourth-order valence-electron chi connectivity index (χ4n) is 2.48. The first-order valence-electron chi connectivity index (χ1n) is 6.53. The van der Waals surface area contributed by atoms with Gasteiger partial charge in [0.2, 0.25) is 0 Å². The topological polar surface area (TPSA) is 43.8 Å². The minimum absolute atomic E-state index is 0.537. The highest BCUT2D eigenvalue weighted by Crippen LogP contribution is 2.27. The number of rotatable bonds is 4. The average molecular weight is 221 g/mol. The minimum atomic E-state index is 0.537. The van der Waals surface area contributed by atoms with Crippen molar-refractivity contribution in [2.45, 2.75) is 51.5 Å². The van der Waals surface area contributed by atoms with Crippen molar-refractivity contribution < 1.29 is 0 Å². The predicted molar refractivity (Wildman–Crippen MR) is 66.3 cm³/mol. The third-order valence-electron chi connectivity index (χ3n) is 3.57. The van der Waals surface area contributed by atoms with Gasteiger partial charge < -0.3 is 5.73 Å². The minimum Gasteiger partial charge on any atom is -0.330 e. The average Bonchev–Trinajstić information content (AvgIpc) is 2.78. The van der Waals surface area contributed by atoms with Crippen molar-refractivity contribution in [3.63, 3.8) is 0 Å². The molecule has 2 rings (SSSR count). The van der Waals surface area contributed by atoms with Gasteiger partial charge in [-0.2, -0.15) is 5.10 Å². The molecule has 3 heteroatoms. The fraction of sp³-hybridized carbons (Fsp3) is 0.769. The number of hydrogen-bond acceptors (Lipinski definition) is 2. The molecule has 0 saturated heterocycles. The first-order chi connectivity index (χ1) is 7.79. The van der Waals surface area contributed by atoms with Gasteiger partial charge in [0.05, 0.1) is 11.7 Å². The van der Waals surface area contributed by atoms with Crippen LogP contribution < -0.4 is 5.73 Å². The van der Waals surface area contributed by atoms with E-state index in [9.17, 15) is 0 Å². The molecule has 1 aromatic heterocycles. The Labute approximate surface area is 98.0 Å². The monoisotopic (exact) mass is 221 g/mol. The van der Waals surface area contributed by atoms with Crippen molar-refractivity contribution in [3.8, 4) is 0 Å². The van der Waals surface area contributed by atoms with Crippen LogP contribution in [0.25, 0.3) is 0 Å². The van der Waals surface area contributed by atoms with Crippen molar-refractivity contribution in [2.75, 3.05) is 6.54 Å². The van der Waals surface area contributed by atoms with Gasteiger partial charge in [-0.25, -0.2) is 0 Å². The Morgan fingerprint density at radius 2 is 2.19 bits per heavy atom. The van der Waals surface area contributed by atoms with Crippen LogP contribution in [0.4, 0.5) is 0 Å². The van der Waals surface area contributed by atoms with Crippen molar-refractivity contribution in [1.29, 1.82) is 0 Å². The zero-order valence-electron chi connectivity index (χ0n) is 10.2. The quantitative estimate of drug-likeness (QED) is 0.849. The second-order valence-corrected chi connectivity index (χ2v) is 5.12. The van der Waals surface area contributed by atoms with Crippen LogP contribution >= 0.6 is 0 Å². The summed E-state index contributed by atoms with van der Waals surface area (Å²) in [6, 6.07) is 2.80. The van der Waals surface area contributed by atoms with E-state index < -0.39 is 0 Å². The lowest BCUT2D eigenvalue weighted by Gasteiger charge is -2.21. The van der Waals surface area contributed by atoms with Crippen LogP contribution in [0.2, 0.25) is 0 Å². The molecule has 1 heterocycles. The van der Waals surface area contributed by atoms with Gasteiger partial charge in [-0.15, -0.1) is 0 Å². The molecular weight excluding hydrogens is 198 g/mol. The van der Waals surface area contributed by atoms with Crippen molar-refractivity contribution >= 4 is 0 Å². The van der Waals surface area contributed by atoms with E-state index in [-0.39, 0.29) is 0 Å². The van der Waals surface area contributed by atoms with Gasteiger partial charge in [0.25, 0.3) is 0 Å². The maximum atomic E-state index is 5.63. The molecule has 1 fully saturated rings. The van der Waals surface area contributed by atoms with Gasteiger partial charge in [0.1, 0.15) is 0 Å². The molecule has 2 N–H and O–H groups in total. The summed E-state index contributed by atoms with van der Waals surface area (Å²) in [5, 5.41) is 4.68. The number of nitrogens with zero attached hydrogens (tertiary/aromatic N) is 2. The molecule has 0 spiro atoms. The molecule has 0 bridgehead atoms. The van der Waals surface area contributed by atoms with E-state index >= 15 is 0 Å². The molecule has 1 saturated carbocycles. The van der Waals surface area contributed by atoms with Crippen LogP contribution in [-0.2, 0) is 6.42 Å². The molecule has 1 atom stereocenters. The Balaban J connectivity index is 1.95. The lowest BCUT2D eigenvalue weighted by Crippen LogP contribution is -2.15. The SMILES string of the molecule is CC(CN)Cc1ccn(C2CCCCC2)n1. The zero-order chi connectivity index (χ0) is 11.4. The Bertz CT molecular complexity index is 313. The van der Waals surface area contributed by atoms with Gasteiger partial charge in [0, 0.05) is 6.20 Å². The van der Waals surface area contributed by atoms with E-state index in [1.165, 1.54) is 37.8 Å². The molecule has 0 amide bonds. The van der Waals surface area contributed by atoms with E-state index in [0.29, 0.717) is 12.0 Å². The molecule has 0 radical (unpaired) electrons. The van der Waals surface area contributed by atoms with E-state index in [1.807, 2.05) is 0 Å². The molecule has 3 nitrogen and oxygen atoms in total. The second kappa shape index (κ2) is 5.48. The Kier molecular flexibility index (Phi) is 3.99. The first kappa shape index (κ1) is 11.6. The van der Waals surface area contributed by atoms with Crippen LogP contribution in [0, 0.1) is 5.92 Å². The van der Waals surface area contributed by atoms with Gasteiger partial charge in [-0.3, -0.25) is 4.68 Å². The maximum Gasteiger partial charge on any atom is 0.0627 e. The van der Waals surface area contributed by atoms with Crippen molar-refractivity contribution in [3.05, 3.63) is 18.0 Å². The molecule has 0 aliphatic heterocycles. The molecule has 1 aromatic rings. The number of nitrogens with two attached hydrogens (primary N) is 1. The van der Waals surface area contributed by atoms with Gasteiger partial charge in [-0.05, 0) is 37.8 Å². The van der Waals surface area contributed by atoms with E-state index in [4.69, 9.17) is 5.73 Å². The summed E-state index contributed by atoms with van der Waals surface area (Å²) in [6.07, 6.45) is 9.87. The highest BCUT2D eigenvalue weighted by Gasteiger charge is 2.16. The highest BCUT2D eigenvalue weighted by molar-refractivity contribution is 5.01. The van der Waals surface area contributed by atoms with Crippen LogP contribution in [0.1, 0.15) is 50.8 Å². The molecule has 1 aliphatic rings. The molecule has 90 valence electrons. The summed E-state index contributed by atoms with van der Waals surface area (Å²) < 4.78 is 2.18. The smallest absolute Gasteiger partial charge is 0.0627 e. The van der Waals surface area contributed by atoms with Gasteiger partial charge >= 0.3 is 0 Å². The van der Waals surface area contributed by atoms with Crippen LogP contribution in [-0.4, -0.2) is 16.3 Å². The van der Waals surface area contributed by atoms with Crippen LogP contribution in [0.3, 0.4) is 0 Å². The Morgan fingerprint density at radius 1 is 1.44 bits per heavy atom. The molecule has 16 heavy (non-hydrogen) atoms. The molecule has 0 aromatic carbocycles. The molecule has 1 aliphatic carbocycles. The highest BCUT2D eigenvalue weighted by atomic mass is 15.3. The third kappa shape index (κ3) is 2.85. The van der Waals surface area contributed by atoms with Crippen LogP contribution in [0.15, 0.2) is 12.3 Å². The fourth-order valence-corrected chi connectivity index (χ4v) is 2.48.